The lowest BCUT2D eigenvalue weighted by Crippen LogP contribution is -2.26. The van der Waals surface area contributed by atoms with Gasteiger partial charge in [-0.2, -0.15) is 0 Å². The minimum Gasteiger partial charge on any atom is -0.379 e. The molecule has 0 fully saturated rings. The van der Waals surface area contributed by atoms with Crippen molar-refractivity contribution < 1.29 is 4.74 Å². The fourth-order valence-corrected chi connectivity index (χ4v) is 2.33. The van der Waals surface area contributed by atoms with Crippen LogP contribution in [0.5, 0.6) is 0 Å². The third-order valence-electron chi connectivity index (χ3n) is 2.68. The SMILES string of the molecule is CCCOCC(NCC)c1cccc(C)c1Br. The van der Waals surface area contributed by atoms with Crippen molar-refractivity contribution in [2.75, 3.05) is 19.8 Å². The van der Waals surface area contributed by atoms with Crippen molar-refractivity contribution in [3.05, 3.63) is 33.8 Å². The molecule has 1 aromatic rings. The van der Waals surface area contributed by atoms with Crippen LogP contribution in [0.1, 0.15) is 37.4 Å². The summed E-state index contributed by atoms with van der Waals surface area (Å²) in [6.45, 7) is 8.86. The highest BCUT2D eigenvalue weighted by molar-refractivity contribution is 9.10. The van der Waals surface area contributed by atoms with Crippen molar-refractivity contribution in [1.29, 1.82) is 0 Å². The van der Waals surface area contributed by atoms with Gasteiger partial charge in [0.1, 0.15) is 0 Å². The van der Waals surface area contributed by atoms with Crippen molar-refractivity contribution in [3.63, 3.8) is 0 Å². The summed E-state index contributed by atoms with van der Waals surface area (Å²) in [6, 6.07) is 6.63. The first-order chi connectivity index (χ1) is 8.20. The average Bonchev–Trinajstić information content (AvgIpc) is 2.32. The number of likely N-dealkylation sites (N-methyl/N-ethyl adjacent to an activating group) is 1. The smallest absolute Gasteiger partial charge is 0.0661 e. The van der Waals surface area contributed by atoms with Gasteiger partial charge in [0.15, 0.2) is 0 Å². The molecule has 1 N–H and O–H groups in total. The minimum atomic E-state index is 0.265. The fourth-order valence-electron chi connectivity index (χ4n) is 1.79. The van der Waals surface area contributed by atoms with Gasteiger partial charge in [0.05, 0.1) is 12.6 Å². The maximum atomic E-state index is 5.66. The van der Waals surface area contributed by atoms with Crippen LogP contribution in [-0.4, -0.2) is 19.8 Å². The Morgan fingerprint density at radius 3 is 2.76 bits per heavy atom. The summed E-state index contributed by atoms with van der Waals surface area (Å²) in [5, 5.41) is 3.47. The third kappa shape index (κ3) is 4.41. The molecular formula is C14H22BrNO. The quantitative estimate of drug-likeness (QED) is 0.773. The zero-order chi connectivity index (χ0) is 12.7. The largest absolute Gasteiger partial charge is 0.379 e. The molecule has 3 heteroatoms. The molecule has 0 bridgehead atoms. The van der Waals surface area contributed by atoms with Gasteiger partial charge in [-0.25, -0.2) is 0 Å². The molecule has 0 saturated carbocycles. The molecule has 1 atom stereocenters. The van der Waals surface area contributed by atoms with Crippen molar-refractivity contribution >= 4 is 15.9 Å². The summed E-state index contributed by atoms with van der Waals surface area (Å²) in [7, 11) is 0. The summed E-state index contributed by atoms with van der Waals surface area (Å²) in [4.78, 5) is 0. The number of ether oxygens (including phenoxy) is 1. The molecule has 17 heavy (non-hydrogen) atoms. The zero-order valence-corrected chi connectivity index (χ0v) is 12.5. The Morgan fingerprint density at radius 2 is 2.12 bits per heavy atom. The van der Waals surface area contributed by atoms with Gasteiger partial charge in [-0.05, 0) is 31.0 Å². The molecule has 0 aromatic heterocycles. The molecule has 1 unspecified atom stereocenters. The van der Waals surface area contributed by atoms with Crippen molar-refractivity contribution in [2.24, 2.45) is 0 Å². The summed E-state index contributed by atoms with van der Waals surface area (Å²) in [5.41, 5.74) is 2.55. The first-order valence-corrected chi connectivity index (χ1v) is 7.06. The van der Waals surface area contributed by atoms with Crippen LogP contribution in [-0.2, 0) is 4.74 Å². The van der Waals surface area contributed by atoms with Crippen LogP contribution in [0, 0.1) is 6.92 Å². The van der Waals surface area contributed by atoms with E-state index in [0.717, 1.165) is 26.2 Å². The van der Waals surface area contributed by atoms with Crippen molar-refractivity contribution in [1.82, 2.24) is 5.32 Å². The second kappa shape index (κ2) is 7.85. The van der Waals surface area contributed by atoms with Crippen molar-refractivity contribution in [3.8, 4) is 0 Å². The second-order valence-electron chi connectivity index (χ2n) is 4.16. The van der Waals surface area contributed by atoms with Gasteiger partial charge in [0.2, 0.25) is 0 Å². The number of hydrogen-bond acceptors (Lipinski definition) is 2. The Balaban J connectivity index is 2.77. The van der Waals surface area contributed by atoms with E-state index in [4.69, 9.17) is 4.74 Å². The first-order valence-electron chi connectivity index (χ1n) is 6.26. The Morgan fingerprint density at radius 1 is 1.35 bits per heavy atom. The summed E-state index contributed by atoms with van der Waals surface area (Å²) in [5.74, 6) is 0. The zero-order valence-electron chi connectivity index (χ0n) is 10.9. The van der Waals surface area contributed by atoms with E-state index in [1.807, 2.05) is 0 Å². The molecule has 2 nitrogen and oxygen atoms in total. The number of benzene rings is 1. The average molecular weight is 300 g/mol. The van der Waals surface area contributed by atoms with Crippen LogP contribution in [0.4, 0.5) is 0 Å². The predicted octanol–water partition coefficient (Wildman–Crippen LogP) is 3.83. The molecular weight excluding hydrogens is 278 g/mol. The van der Waals surface area contributed by atoms with E-state index in [-0.39, 0.29) is 6.04 Å². The molecule has 1 rings (SSSR count). The molecule has 0 radical (unpaired) electrons. The van der Waals surface area contributed by atoms with Crippen LogP contribution in [0.15, 0.2) is 22.7 Å². The monoisotopic (exact) mass is 299 g/mol. The maximum absolute atomic E-state index is 5.66. The van der Waals surface area contributed by atoms with E-state index >= 15 is 0 Å². The fraction of sp³-hybridized carbons (Fsp3) is 0.571. The molecule has 0 aliphatic heterocycles. The van der Waals surface area contributed by atoms with E-state index in [2.05, 4.69) is 60.2 Å². The summed E-state index contributed by atoms with van der Waals surface area (Å²) in [6.07, 6.45) is 1.06. The highest BCUT2D eigenvalue weighted by Gasteiger charge is 2.14. The lowest BCUT2D eigenvalue weighted by molar-refractivity contribution is 0.112. The Hall–Kier alpha value is -0.380. The standard InChI is InChI=1S/C14H22BrNO/c1-4-9-17-10-13(16-5-2)12-8-6-7-11(3)14(12)15/h6-8,13,16H,4-5,9-10H2,1-3H3. The van der Waals surface area contributed by atoms with Gasteiger partial charge in [-0.15, -0.1) is 0 Å². The third-order valence-corrected chi connectivity index (χ3v) is 3.76. The number of hydrogen-bond donors (Lipinski definition) is 1. The predicted molar refractivity (Wildman–Crippen MR) is 76.4 cm³/mol. The van der Waals surface area contributed by atoms with Crippen LogP contribution in [0.3, 0.4) is 0 Å². The highest BCUT2D eigenvalue weighted by Crippen LogP contribution is 2.26. The summed E-state index contributed by atoms with van der Waals surface area (Å²) >= 11 is 3.66. The van der Waals surface area contributed by atoms with Crippen LogP contribution in [0.25, 0.3) is 0 Å². The first kappa shape index (κ1) is 14.7. The van der Waals surface area contributed by atoms with Gasteiger partial charge >= 0.3 is 0 Å². The van der Waals surface area contributed by atoms with Crippen LogP contribution in [0.2, 0.25) is 0 Å². The number of nitrogens with one attached hydrogen (secondary N) is 1. The van der Waals surface area contributed by atoms with Gasteiger partial charge in [-0.3, -0.25) is 0 Å². The molecule has 0 saturated heterocycles. The molecule has 0 spiro atoms. The van der Waals surface area contributed by atoms with E-state index in [1.165, 1.54) is 15.6 Å². The van der Waals surface area contributed by atoms with Crippen molar-refractivity contribution in [2.45, 2.75) is 33.2 Å². The van der Waals surface area contributed by atoms with E-state index in [1.54, 1.807) is 0 Å². The topological polar surface area (TPSA) is 21.3 Å². The molecule has 0 amide bonds. The molecule has 0 heterocycles. The molecule has 1 aromatic carbocycles. The normalized spacial score (nSPS) is 12.7. The highest BCUT2D eigenvalue weighted by atomic mass is 79.9. The van der Waals surface area contributed by atoms with E-state index in [0.29, 0.717) is 0 Å². The Bertz CT molecular complexity index is 341. The molecule has 0 aliphatic carbocycles. The van der Waals surface area contributed by atoms with Gasteiger partial charge in [-0.1, -0.05) is 48.0 Å². The van der Waals surface area contributed by atoms with E-state index < -0.39 is 0 Å². The molecule has 96 valence electrons. The van der Waals surface area contributed by atoms with E-state index in [9.17, 15) is 0 Å². The van der Waals surface area contributed by atoms with Gasteiger partial charge < -0.3 is 10.1 Å². The Labute approximate surface area is 113 Å². The Kier molecular flexibility index (Phi) is 6.78. The maximum Gasteiger partial charge on any atom is 0.0661 e. The lowest BCUT2D eigenvalue weighted by atomic mass is 10.0. The van der Waals surface area contributed by atoms with Gasteiger partial charge in [0, 0.05) is 11.1 Å². The van der Waals surface area contributed by atoms with Gasteiger partial charge in [0.25, 0.3) is 0 Å². The second-order valence-corrected chi connectivity index (χ2v) is 4.96. The molecule has 0 aliphatic rings. The lowest BCUT2D eigenvalue weighted by Gasteiger charge is -2.20. The summed E-state index contributed by atoms with van der Waals surface area (Å²) < 4.78 is 6.85. The van der Waals surface area contributed by atoms with Crippen LogP contribution >= 0.6 is 15.9 Å². The number of aryl methyl sites for hydroxylation is 1. The number of rotatable bonds is 7. The number of halogens is 1. The minimum absolute atomic E-state index is 0.265. The van der Waals surface area contributed by atoms with Crippen LogP contribution < -0.4 is 5.32 Å².